The monoisotopic (exact) mass is 287 g/mol. The Hall–Kier alpha value is -1.88. The number of nitrogens with one attached hydrogen (secondary N) is 1. The summed E-state index contributed by atoms with van der Waals surface area (Å²) in [5.74, 6) is 0.735. The van der Waals surface area contributed by atoms with Crippen LogP contribution in [0.4, 0.5) is 0 Å². The van der Waals surface area contributed by atoms with Crippen LogP contribution in [0.1, 0.15) is 37.9 Å². The second-order valence-corrected chi connectivity index (χ2v) is 5.71. The molecule has 1 atom stereocenters. The first-order valence-corrected chi connectivity index (χ1v) is 7.60. The summed E-state index contributed by atoms with van der Waals surface area (Å²) in [6.07, 6.45) is 2.58. The van der Waals surface area contributed by atoms with Gasteiger partial charge in [0, 0.05) is 5.92 Å². The van der Waals surface area contributed by atoms with Gasteiger partial charge in [-0.1, -0.05) is 19.1 Å². The first kappa shape index (κ1) is 14.1. The average Bonchev–Trinajstić information content (AvgIpc) is 2.92. The van der Waals surface area contributed by atoms with E-state index < -0.39 is 5.97 Å². The predicted octanol–water partition coefficient (Wildman–Crippen LogP) is 2.61. The topological polar surface area (TPSA) is 69.2 Å². The van der Waals surface area contributed by atoms with Crippen LogP contribution in [0.5, 0.6) is 0 Å². The Morgan fingerprint density at radius 1 is 1.43 bits per heavy atom. The lowest BCUT2D eigenvalue weighted by Gasteiger charge is -2.34. The Morgan fingerprint density at radius 3 is 2.76 bits per heavy atom. The number of nitrogens with zero attached hydrogens (tertiary/aromatic N) is 2. The molecule has 2 heterocycles. The molecule has 1 saturated heterocycles. The van der Waals surface area contributed by atoms with Gasteiger partial charge >= 0.3 is 5.97 Å². The van der Waals surface area contributed by atoms with Gasteiger partial charge in [0.05, 0.1) is 11.0 Å². The molecule has 0 unspecified atom stereocenters. The molecular formula is C16H21N3O2. The first-order chi connectivity index (χ1) is 10.2. The quantitative estimate of drug-likeness (QED) is 0.907. The largest absolute Gasteiger partial charge is 0.480 e. The molecular weight excluding hydrogens is 266 g/mol. The predicted molar refractivity (Wildman–Crippen MR) is 81.4 cm³/mol. The van der Waals surface area contributed by atoms with Crippen LogP contribution in [0.3, 0.4) is 0 Å². The van der Waals surface area contributed by atoms with E-state index in [0.717, 1.165) is 42.8 Å². The summed E-state index contributed by atoms with van der Waals surface area (Å²) in [5.41, 5.74) is 2.08. The number of imidazole rings is 1. The highest BCUT2D eigenvalue weighted by molar-refractivity contribution is 5.75. The fourth-order valence-corrected chi connectivity index (χ4v) is 3.24. The maximum atomic E-state index is 11.2. The van der Waals surface area contributed by atoms with Gasteiger partial charge in [-0.05, 0) is 44.5 Å². The van der Waals surface area contributed by atoms with E-state index in [2.05, 4.69) is 14.9 Å². The number of hydrogen-bond donors (Lipinski definition) is 2. The standard InChI is InChI=1S/C16H21N3O2/c1-2-14(16(20)21)19-9-7-11(8-10-19)15-17-12-5-3-4-6-13(12)18-15/h3-6,11,14H,2,7-10H2,1H3,(H,17,18)(H,20,21)/t14-/m1/s1. The van der Waals surface area contributed by atoms with E-state index in [0.29, 0.717) is 12.3 Å². The number of aromatic nitrogens is 2. The number of para-hydroxylation sites is 2. The summed E-state index contributed by atoms with van der Waals surface area (Å²) in [7, 11) is 0. The number of likely N-dealkylation sites (tertiary alicyclic amines) is 1. The van der Waals surface area contributed by atoms with Gasteiger partial charge in [-0.25, -0.2) is 4.98 Å². The third kappa shape index (κ3) is 2.78. The highest BCUT2D eigenvalue weighted by Gasteiger charge is 2.29. The van der Waals surface area contributed by atoms with Crippen LogP contribution in [0.25, 0.3) is 11.0 Å². The second-order valence-electron chi connectivity index (χ2n) is 5.71. The maximum absolute atomic E-state index is 11.2. The Bertz CT molecular complexity index is 596. The Kier molecular flexibility index (Phi) is 3.92. The summed E-state index contributed by atoms with van der Waals surface area (Å²) < 4.78 is 0. The molecule has 5 heteroatoms. The lowest BCUT2D eigenvalue weighted by Crippen LogP contribution is -2.45. The number of hydrogen-bond acceptors (Lipinski definition) is 3. The molecule has 1 aliphatic heterocycles. The van der Waals surface area contributed by atoms with Crippen molar-refractivity contribution >= 4 is 17.0 Å². The van der Waals surface area contributed by atoms with Crippen LogP contribution >= 0.6 is 0 Å². The maximum Gasteiger partial charge on any atom is 0.320 e. The van der Waals surface area contributed by atoms with E-state index in [1.54, 1.807) is 0 Å². The molecule has 5 nitrogen and oxygen atoms in total. The van der Waals surface area contributed by atoms with Gasteiger partial charge in [-0.15, -0.1) is 0 Å². The van der Waals surface area contributed by atoms with Crippen molar-refractivity contribution in [3.05, 3.63) is 30.1 Å². The minimum atomic E-state index is -0.709. The zero-order chi connectivity index (χ0) is 14.8. The minimum absolute atomic E-state index is 0.346. The van der Waals surface area contributed by atoms with E-state index >= 15 is 0 Å². The molecule has 0 saturated carbocycles. The summed E-state index contributed by atoms with van der Waals surface area (Å²) in [5, 5.41) is 9.24. The van der Waals surface area contributed by atoms with Crippen LogP contribution in [-0.4, -0.2) is 45.1 Å². The zero-order valence-electron chi connectivity index (χ0n) is 12.2. The lowest BCUT2D eigenvalue weighted by molar-refractivity contribution is -0.143. The number of carboxylic acids is 1. The fraction of sp³-hybridized carbons (Fsp3) is 0.500. The lowest BCUT2D eigenvalue weighted by atomic mass is 9.94. The summed E-state index contributed by atoms with van der Waals surface area (Å²) in [4.78, 5) is 21.4. The van der Waals surface area contributed by atoms with Gasteiger partial charge in [0.15, 0.2) is 0 Å². The molecule has 0 spiro atoms. The fourth-order valence-electron chi connectivity index (χ4n) is 3.24. The second kappa shape index (κ2) is 5.85. The number of carboxylic acid groups (broad SMARTS) is 1. The number of carbonyl (C=O) groups is 1. The number of benzene rings is 1. The number of H-pyrrole nitrogens is 1. The van der Waals surface area contributed by atoms with E-state index in [1.165, 1.54) is 0 Å². The third-order valence-corrected chi connectivity index (χ3v) is 4.44. The summed E-state index contributed by atoms with van der Waals surface area (Å²) in [6, 6.07) is 7.71. The molecule has 0 radical (unpaired) electrons. The first-order valence-electron chi connectivity index (χ1n) is 7.60. The Balaban J connectivity index is 1.69. The summed E-state index contributed by atoms with van der Waals surface area (Å²) in [6.45, 7) is 3.59. The van der Waals surface area contributed by atoms with Crippen molar-refractivity contribution in [2.45, 2.75) is 38.1 Å². The molecule has 2 N–H and O–H groups in total. The molecule has 1 aliphatic rings. The minimum Gasteiger partial charge on any atom is -0.480 e. The summed E-state index contributed by atoms with van der Waals surface area (Å²) >= 11 is 0. The van der Waals surface area contributed by atoms with Gasteiger partial charge in [0.2, 0.25) is 0 Å². The number of aromatic amines is 1. The molecule has 0 aliphatic carbocycles. The molecule has 1 aromatic carbocycles. The highest BCUT2D eigenvalue weighted by Crippen LogP contribution is 2.28. The van der Waals surface area contributed by atoms with Gasteiger partial charge in [0.1, 0.15) is 11.9 Å². The van der Waals surface area contributed by atoms with Crippen LogP contribution in [-0.2, 0) is 4.79 Å². The van der Waals surface area contributed by atoms with E-state index in [9.17, 15) is 9.90 Å². The van der Waals surface area contributed by atoms with Crippen LogP contribution in [0.15, 0.2) is 24.3 Å². The van der Waals surface area contributed by atoms with Crippen molar-refractivity contribution in [3.63, 3.8) is 0 Å². The molecule has 112 valence electrons. The van der Waals surface area contributed by atoms with E-state index in [4.69, 9.17) is 0 Å². The van der Waals surface area contributed by atoms with Crippen LogP contribution in [0, 0.1) is 0 Å². The Labute approximate surface area is 124 Å². The average molecular weight is 287 g/mol. The van der Waals surface area contributed by atoms with Crippen molar-refractivity contribution in [3.8, 4) is 0 Å². The van der Waals surface area contributed by atoms with Crippen molar-refractivity contribution in [2.24, 2.45) is 0 Å². The van der Waals surface area contributed by atoms with Gasteiger partial charge in [-0.2, -0.15) is 0 Å². The third-order valence-electron chi connectivity index (χ3n) is 4.44. The molecule has 21 heavy (non-hydrogen) atoms. The number of aliphatic carboxylic acids is 1. The highest BCUT2D eigenvalue weighted by atomic mass is 16.4. The van der Waals surface area contributed by atoms with Crippen LogP contribution in [0.2, 0.25) is 0 Å². The number of fused-ring (bicyclic) bond motifs is 1. The molecule has 1 aromatic heterocycles. The van der Waals surface area contributed by atoms with Crippen molar-refractivity contribution in [1.29, 1.82) is 0 Å². The molecule has 0 amide bonds. The smallest absolute Gasteiger partial charge is 0.320 e. The van der Waals surface area contributed by atoms with Crippen molar-refractivity contribution in [2.75, 3.05) is 13.1 Å². The SMILES string of the molecule is CC[C@H](C(=O)O)N1CCC(c2nc3ccccc3[nH]2)CC1. The number of piperidine rings is 1. The molecule has 0 bridgehead atoms. The van der Waals surface area contributed by atoms with Gasteiger partial charge in [-0.3, -0.25) is 9.69 Å². The Morgan fingerprint density at radius 2 is 2.14 bits per heavy atom. The van der Waals surface area contributed by atoms with Crippen LogP contribution < -0.4 is 0 Å². The van der Waals surface area contributed by atoms with Crippen molar-refractivity contribution in [1.82, 2.24) is 14.9 Å². The van der Waals surface area contributed by atoms with Gasteiger partial charge < -0.3 is 10.1 Å². The van der Waals surface area contributed by atoms with Crippen molar-refractivity contribution < 1.29 is 9.90 Å². The molecule has 2 aromatic rings. The normalized spacial score (nSPS) is 18.9. The molecule has 3 rings (SSSR count). The van der Waals surface area contributed by atoms with E-state index in [-0.39, 0.29) is 6.04 Å². The number of rotatable bonds is 4. The molecule has 1 fully saturated rings. The van der Waals surface area contributed by atoms with E-state index in [1.807, 2.05) is 31.2 Å². The van der Waals surface area contributed by atoms with Gasteiger partial charge in [0.25, 0.3) is 0 Å². The zero-order valence-corrected chi connectivity index (χ0v) is 12.2.